The first-order chi connectivity index (χ1) is 18.3. The maximum Gasteiger partial charge on any atom is 0.0948 e. The number of imidazole rings is 1. The molecular weight excluding hydrogens is 448 g/mol. The number of hydrogen-bond acceptors (Lipinski definition) is 1. The minimum absolute atomic E-state index is 0.575. The zero-order valence-corrected chi connectivity index (χ0v) is 24.7. The van der Waals surface area contributed by atoms with Gasteiger partial charge in [-0.15, -0.1) is 0 Å². The van der Waals surface area contributed by atoms with Crippen molar-refractivity contribution in [1.29, 1.82) is 0 Å². The molecule has 2 unspecified atom stereocenters. The molecule has 0 saturated heterocycles. The van der Waals surface area contributed by atoms with Gasteiger partial charge in [-0.05, 0) is 30.7 Å². The highest BCUT2D eigenvalue weighted by molar-refractivity contribution is 5.15. The Morgan fingerprint density at radius 3 is 1.59 bits per heavy atom. The summed E-state index contributed by atoms with van der Waals surface area (Å²) in [5.74, 6) is 0.695. The van der Waals surface area contributed by atoms with Gasteiger partial charge in [0.25, 0.3) is 0 Å². The minimum Gasteiger partial charge on any atom is -0.334 e. The summed E-state index contributed by atoms with van der Waals surface area (Å²) in [6.07, 6.45) is 36.9. The summed E-state index contributed by atoms with van der Waals surface area (Å²) in [6, 6.07) is 11.7. The van der Waals surface area contributed by atoms with Crippen LogP contribution in [-0.2, 0) is 6.42 Å². The summed E-state index contributed by atoms with van der Waals surface area (Å²) in [5.41, 5.74) is 1.49. The molecule has 0 saturated carbocycles. The number of benzene rings is 1. The molecule has 2 heteroatoms. The molecular formula is C35H60N2. The molecule has 2 rings (SSSR count). The number of aromatic nitrogens is 2. The van der Waals surface area contributed by atoms with Crippen molar-refractivity contribution in [2.24, 2.45) is 5.92 Å². The molecule has 210 valence electrons. The van der Waals surface area contributed by atoms with Gasteiger partial charge >= 0.3 is 0 Å². The van der Waals surface area contributed by atoms with Crippen LogP contribution in [0.25, 0.3) is 0 Å². The first-order valence-electron chi connectivity index (χ1n) is 16.4. The second-order valence-electron chi connectivity index (χ2n) is 11.6. The average Bonchev–Trinajstić information content (AvgIpc) is 3.46. The van der Waals surface area contributed by atoms with E-state index in [1.54, 1.807) is 0 Å². The molecule has 0 N–H and O–H groups in total. The number of unbranched alkanes of at least 4 members (excludes halogenated alkanes) is 17. The fourth-order valence-corrected chi connectivity index (χ4v) is 6.00. The first kappa shape index (κ1) is 31.6. The van der Waals surface area contributed by atoms with Crippen molar-refractivity contribution in [3.63, 3.8) is 0 Å². The van der Waals surface area contributed by atoms with Crippen molar-refractivity contribution in [1.82, 2.24) is 9.55 Å². The molecule has 37 heavy (non-hydrogen) atoms. The van der Waals surface area contributed by atoms with Gasteiger partial charge in [0.1, 0.15) is 0 Å². The van der Waals surface area contributed by atoms with Gasteiger partial charge in [-0.1, -0.05) is 166 Å². The van der Waals surface area contributed by atoms with E-state index in [0.717, 1.165) is 0 Å². The summed E-state index contributed by atoms with van der Waals surface area (Å²) >= 11 is 0. The van der Waals surface area contributed by atoms with Crippen molar-refractivity contribution >= 4 is 0 Å². The Labute approximate surface area is 231 Å². The maximum atomic E-state index is 4.43. The highest BCUT2D eigenvalue weighted by Gasteiger charge is 2.23. The highest BCUT2D eigenvalue weighted by Crippen LogP contribution is 2.32. The molecule has 1 aromatic heterocycles. The predicted molar refractivity (Wildman–Crippen MR) is 163 cm³/mol. The fourth-order valence-electron chi connectivity index (χ4n) is 6.00. The quantitative estimate of drug-likeness (QED) is 0.122. The maximum absolute atomic E-state index is 4.43. The third-order valence-electron chi connectivity index (χ3n) is 8.32. The van der Waals surface area contributed by atoms with Crippen LogP contribution in [0.3, 0.4) is 0 Å². The number of hydrogen-bond donors (Lipinski definition) is 0. The fraction of sp³-hybridized carbons (Fsp3) is 0.743. The molecule has 2 nitrogen and oxygen atoms in total. The molecule has 0 bridgehead atoms. The van der Waals surface area contributed by atoms with Crippen LogP contribution < -0.4 is 0 Å². The van der Waals surface area contributed by atoms with E-state index in [2.05, 4.69) is 66.3 Å². The van der Waals surface area contributed by atoms with E-state index in [4.69, 9.17) is 0 Å². The third-order valence-corrected chi connectivity index (χ3v) is 8.32. The average molecular weight is 509 g/mol. The smallest absolute Gasteiger partial charge is 0.0948 e. The van der Waals surface area contributed by atoms with Crippen molar-refractivity contribution in [2.45, 2.75) is 161 Å². The lowest BCUT2D eigenvalue weighted by molar-refractivity contribution is 0.275. The van der Waals surface area contributed by atoms with E-state index < -0.39 is 0 Å². The first-order valence-corrected chi connectivity index (χ1v) is 16.4. The molecule has 2 atom stereocenters. The SMILES string of the molecule is CCCCCCCCCCCCCCCCCC(C(CCCCCC)Cc1ccccc1)n1ccnc1. The largest absolute Gasteiger partial charge is 0.334 e. The predicted octanol–water partition coefficient (Wildman–Crippen LogP) is 11.5. The molecule has 0 aliphatic carbocycles. The van der Waals surface area contributed by atoms with Crippen LogP contribution >= 0.6 is 0 Å². The topological polar surface area (TPSA) is 17.8 Å². The summed E-state index contributed by atoms with van der Waals surface area (Å²) in [4.78, 5) is 4.43. The second-order valence-corrected chi connectivity index (χ2v) is 11.6. The normalized spacial score (nSPS) is 13.1. The Morgan fingerprint density at radius 1 is 0.595 bits per heavy atom. The second kappa shape index (κ2) is 22.4. The molecule has 0 fully saturated rings. The lowest BCUT2D eigenvalue weighted by atomic mass is 9.84. The van der Waals surface area contributed by atoms with E-state index in [-0.39, 0.29) is 0 Å². The molecule has 0 aliphatic rings. The zero-order chi connectivity index (χ0) is 26.2. The van der Waals surface area contributed by atoms with Crippen LogP contribution in [0.1, 0.15) is 160 Å². The molecule has 0 spiro atoms. The van der Waals surface area contributed by atoms with Gasteiger partial charge in [-0.25, -0.2) is 4.98 Å². The summed E-state index contributed by atoms with van der Waals surface area (Å²) in [6.45, 7) is 4.61. The highest BCUT2D eigenvalue weighted by atomic mass is 15.1. The number of rotatable bonds is 25. The Morgan fingerprint density at radius 2 is 1.08 bits per heavy atom. The van der Waals surface area contributed by atoms with Gasteiger partial charge in [0, 0.05) is 18.4 Å². The molecule has 0 aliphatic heterocycles. The van der Waals surface area contributed by atoms with E-state index in [1.165, 1.54) is 147 Å². The Balaban J connectivity index is 1.66. The Kier molecular flexibility index (Phi) is 19.2. The molecule has 0 amide bonds. The van der Waals surface area contributed by atoms with Crippen molar-refractivity contribution in [2.75, 3.05) is 0 Å². The van der Waals surface area contributed by atoms with Crippen molar-refractivity contribution in [3.8, 4) is 0 Å². The van der Waals surface area contributed by atoms with E-state index in [0.29, 0.717) is 12.0 Å². The summed E-state index contributed by atoms with van der Waals surface area (Å²) < 4.78 is 2.43. The molecule has 1 heterocycles. The van der Waals surface area contributed by atoms with E-state index in [1.807, 2.05) is 6.20 Å². The lowest BCUT2D eigenvalue weighted by Gasteiger charge is -2.29. The third kappa shape index (κ3) is 15.4. The summed E-state index contributed by atoms with van der Waals surface area (Å²) in [7, 11) is 0. The molecule has 2 aromatic rings. The van der Waals surface area contributed by atoms with Gasteiger partial charge in [-0.3, -0.25) is 0 Å². The molecule has 0 radical (unpaired) electrons. The van der Waals surface area contributed by atoms with Crippen LogP contribution in [0.5, 0.6) is 0 Å². The van der Waals surface area contributed by atoms with Crippen LogP contribution in [0.4, 0.5) is 0 Å². The van der Waals surface area contributed by atoms with Crippen LogP contribution in [0.15, 0.2) is 49.1 Å². The standard InChI is InChI=1S/C35H60N2/c1-3-5-7-9-10-11-12-13-14-15-16-17-18-19-24-28-35(37-30-29-36-32-37)34(27-23-8-6-4-2)31-33-25-21-20-22-26-33/h20-22,25-26,29-30,32,34-35H,3-19,23-24,27-28,31H2,1-2H3. The number of nitrogens with zero attached hydrogens (tertiary/aromatic N) is 2. The van der Waals surface area contributed by atoms with E-state index in [9.17, 15) is 0 Å². The van der Waals surface area contributed by atoms with Crippen LogP contribution in [0, 0.1) is 5.92 Å². The van der Waals surface area contributed by atoms with Gasteiger partial charge in [-0.2, -0.15) is 0 Å². The zero-order valence-electron chi connectivity index (χ0n) is 24.7. The summed E-state index contributed by atoms with van der Waals surface area (Å²) in [5, 5.41) is 0. The van der Waals surface area contributed by atoms with E-state index >= 15 is 0 Å². The van der Waals surface area contributed by atoms with Crippen LogP contribution in [0.2, 0.25) is 0 Å². The van der Waals surface area contributed by atoms with Gasteiger partial charge in [0.2, 0.25) is 0 Å². The lowest BCUT2D eigenvalue weighted by Crippen LogP contribution is -2.21. The Bertz CT molecular complexity index is 708. The van der Waals surface area contributed by atoms with Gasteiger partial charge < -0.3 is 4.57 Å². The van der Waals surface area contributed by atoms with Gasteiger partial charge in [0.15, 0.2) is 0 Å². The van der Waals surface area contributed by atoms with Crippen molar-refractivity contribution in [3.05, 3.63) is 54.6 Å². The molecule has 1 aromatic carbocycles. The monoisotopic (exact) mass is 508 g/mol. The van der Waals surface area contributed by atoms with Crippen LogP contribution in [-0.4, -0.2) is 9.55 Å². The van der Waals surface area contributed by atoms with Gasteiger partial charge in [0.05, 0.1) is 6.33 Å². The Hall–Kier alpha value is -1.57. The van der Waals surface area contributed by atoms with Crippen molar-refractivity contribution < 1.29 is 0 Å². The minimum atomic E-state index is 0.575.